The van der Waals surface area contributed by atoms with Gasteiger partial charge in [0, 0.05) is 25.5 Å². The van der Waals surface area contributed by atoms with Crippen LogP contribution in [0.4, 0.5) is 0 Å². The number of aromatic nitrogens is 1. The third kappa shape index (κ3) is 5.27. The predicted octanol–water partition coefficient (Wildman–Crippen LogP) is 1.80. The standard InChI is InChI=1S/C15H24N2O2/c1-16-11-14-4-5-15(19-14)12-18-10-2-3-13-6-8-17-9-7-13/h6-9,14-16H,2-5,10-12H2,1H3. The van der Waals surface area contributed by atoms with Crippen molar-refractivity contribution in [3.05, 3.63) is 30.1 Å². The highest BCUT2D eigenvalue weighted by atomic mass is 16.5. The Bertz CT molecular complexity index is 345. The van der Waals surface area contributed by atoms with Crippen molar-refractivity contribution in [2.75, 3.05) is 26.8 Å². The Labute approximate surface area is 115 Å². The molecule has 4 heteroatoms. The number of nitrogens with zero attached hydrogens (tertiary/aromatic N) is 1. The quantitative estimate of drug-likeness (QED) is 0.727. The van der Waals surface area contributed by atoms with Crippen LogP contribution in [-0.4, -0.2) is 44.0 Å². The maximum Gasteiger partial charge on any atom is 0.0813 e. The second-order valence-electron chi connectivity index (χ2n) is 5.05. The van der Waals surface area contributed by atoms with Gasteiger partial charge in [-0.25, -0.2) is 0 Å². The number of ether oxygens (including phenoxy) is 2. The Morgan fingerprint density at radius 2 is 2.11 bits per heavy atom. The zero-order valence-electron chi connectivity index (χ0n) is 11.7. The first-order chi connectivity index (χ1) is 9.38. The molecule has 1 aliphatic rings. The van der Waals surface area contributed by atoms with Gasteiger partial charge in [0.05, 0.1) is 18.8 Å². The third-order valence-corrected chi connectivity index (χ3v) is 3.43. The predicted molar refractivity (Wildman–Crippen MR) is 75.2 cm³/mol. The molecule has 1 aliphatic heterocycles. The molecule has 1 aromatic heterocycles. The molecule has 2 rings (SSSR count). The summed E-state index contributed by atoms with van der Waals surface area (Å²) in [5.74, 6) is 0. The van der Waals surface area contributed by atoms with Gasteiger partial charge < -0.3 is 14.8 Å². The van der Waals surface area contributed by atoms with Crippen LogP contribution in [0.25, 0.3) is 0 Å². The van der Waals surface area contributed by atoms with Crippen molar-refractivity contribution < 1.29 is 9.47 Å². The van der Waals surface area contributed by atoms with Crippen LogP contribution in [0.2, 0.25) is 0 Å². The highest BCUT2D eigenvalue weighted by Gasteiger charge is 2.24. The number of hydrogen-bond acceptors (Lipinski definition) is 4. The van der Waals surface area contributed by atoms with Gasteiger partial charge in [0.1, 0.15) is 0 Å². The Balaban J connectivity index is 1.51. The van der Waals surface area contributed by atoms with Crippen molar-refractivity contribution in [2.45, 2.75) is 37.9 Å². The van der Waals surface area contributed by atoms with Gasteiger partial charge >= 0.3 is 0 Å². The van der Waals surface area contributed by atoms with Gasteiger partial charge in [-0.3, -0.25) is 4.98 Å². The molecule has 4 nitrogen and oxygen atoms in total. The van der Waals surface area contributed by atoms with Crippen LogP contribution < -0.4 is 5.32 Å². The molecule has 106 valence electrons. The van der Waals surface area contributed by atoms with Crippen LogP contribution in [0.1, 0.15) is 24.8 Å². The van der Waals surface area contributed by atoms with Crippen LogP contribution in [0.15, 0.2) is 24.5 Å². The minimum absolute atomic E-state index is 0.291. The largest absolute Gasteiger partial charge is 0.379 e. The van der Waals surface area contributed by atoms with Crippen LogP contribution >= 0.6 is 0 Å². The lowest BCUT2D eigenvalue weighted by atomic mass is 10.1. The molecule has 1 fully saturated rings. The van der Waals surface area contributed by atoms with Gasteiger partial charge in [-0.05, 0) is 50.4 Å². The van der Waals surface area contributed by atoms with Gasteiger partial charge in [-0.1, -0.05) is 0 Å². The minimum Gasteiger partial charge on any atom is -0.379 e. The summed E-state index contributed by atoms with van der Waals surface area (Å²) in [6.45, 7) is 2.48. The van der Waals surface area contributed by atoms with E-state index in [1.165, 1.54) is 5.56 Å². The Morgan fingerprint density at radius 3 is 2.89 bits per heavy atom. The fraction of sp³-hybridized carbons (Fsp3) is 0.667. The van der Waals surface area contributed by atoms with Gasteiger partial charge in [0.25, 0.3) is 0 Å². The average molecular weight is 264 g/mol. The molecule has 0 spiro atoms. The van der Waals surface area contributed by atoms with E-state index in [-0.39, 0.29) is 0 Å². The first-order valence-corrected chi connectivity index (χ1v) is 7.15. The summed E-state index contributed by atoms with van der Waals surface area (Å²) >= 11 is 0. The van der Waals surface area contributed by atoms with Crippen LogP contribution in [-0.2, 0) is 15.9 Å². The van der Waals surface area contributed by atoms with Gasteiger partial charge in [0.2, 0.25) is 0 Å². The van der Waals surface area contributed by atoms with E-state index in [1.807, 2.05) is 19.4 Å². The van der Waals surface area contributed by atoms with Gasteiger partial charge in [0.15, 0.2) is 0 Å². The first kappa shape index (κ1) is 14.4. The van der Waals surface area contributed by atoms with E-state index in [4.69, 9.17) is 9.47 Å². The molecule has 0 aliphatic carbocycles. The zero-order valence-corrected chi connectivity index (χ0v) is 11.7. The lowest BCUT2D eigenvalue weighted by Gasteiger charge is -2.13. The first-order valence-electron chi connectivity index (χ1n) is 7.15. The molecule has 2 atom stereocenters. The second kappa shape index (κ2) is 8.25. The third-order valence-electron chi connectivity index (χ3n) is 3.43. The fourth-order valence-corrected chi connectivity index (χ4v) is 2.42. The van der Waals surface area contributed by atoms with Crippen molar-refractivity contribution in [3.63, 3.8) is 0 Å². The van der Waals surface area contributed by atoms with Crippen molar-refractivity contribution >= 4 is 0 Å². The molecule has 0 aromatic carbocycles. The number of likely N-dealkylation sites (N-methyl/N-ethyl adjacent to an activating group) is 1. The molecule has 0 amide bonds. The smallest absolute Gasteiger partial charge is 0.0813 e. The van der Waals surface area contributed by atoms with E-state index in [0.29, 0.717) is 12.2 Å². The lowest BCUT2D eigenvalue weighted by molar-refractivity contribution is -0.0141. The summed E-state index contributed by atoms with van der Waals surface area (Å²) in [5, 5.41) is 3.15. The van der Waals surface area contributed by atoms with E-state index < -0.39 is 0 Å². The van der Waals surface area contributed by atoms with Gasteiger partial charge in [-0.15, -0.1) is 0 Å². The summed E-state index contributed by atoms with van der Waals surface area (Å²) < 4.78 is 11.6. The summed E-state index contributed by atoms with van der Waals surface area (Å²) in [7, 11) is 1.96. The van der Waals surface area contributed by atoms with E-state index in [2.05, 4.69) is 22.4 Å². The average Bonchev–Trinajstić information content (AvgIpc) is 2.88. The molecule has 2 unspecified atom stereocenters. The Kier molecular flexibility index (Phi) is 6.27. The highest BCUT2D eigenvalue weighted by molar-refractivity contribution is 5.09. The van der Waals surface area contributed by atoms with Crippen LogP contribution in [0.3, 0.4) is 0 Å². The van der Waals surface area contributed by atoms with Crippen molar-refractivity contribution in [1.82, 2.24) is 10.3 Å². The highest BCUT2D eigenvalue weighted by Crippen LogP contribution is 2.19. The number of nitrogens with one attached hydrogen (secondary N) is 1. The number of aryl methyl sites for hydroxylation is 1. The molecule has 1 saturated heterocycles. The second-order valence-corrected chi connectivity index (χ2v) is 5.05. The Morgan fingerprint density at radius 1 is 1.32 bits per heavy atom. The zero-order chi connectivity index (χ0) is 13.3. The van der Waals surface area contributed by atoms with Crippen molar-refractivity contribution in [2.24, 2.45) is 0 Å². The van der Waals surface area contributed by atoms with Crippen LogP contribution in [0.5, 0.6) is 0 Å². The topological polar surface area (TPSA) is 43.4 Å². The molecule has 2 heterocycles. The summed E-state index contributed by atoms with van der Waals surface area (Å²) in [5.41, 5.74) is 1.32. The van der Waals surface area contributed by atoms with E-state index >= 15 is 0 Å². The SMILES string of the molecule is CNCC1CCC(COCCCc2ccncc2)O1. The molecular formula is C15H24N2O2. The minimum atomic E-state index is 0.291. The normalized spacial score (nSPS) is 22.8. The fourth-order valence-electron chi connectivity index (χ4n) is 2.42. The monoisotopic (exact) mass is 264 g/mol. The number of rotatable bonds is 8. The number of hydrogen-bond donors (Lipinski definition) is 1. The summed E-state index contributed by atoms with van der Waals surface area (Å²) in [6, 6.07) is 4.12. The molecule has 1 N–H and O–H groups in total. The Hall–Kier alpha value is -0.970. The molecule has 1 aromatic rings. The summed E-state index contributed by atoms with van der Waals surface area (Å²) in [4.78, 5) is 4.01. The molecule has 0 radical (unpaired) electrons. The van der Waals surface area contributed by atoms with E-state index in [0.717, 1.165) is 45.4 Å². The molecule has 0 bridgehead atoms. The van der Waals surface area contributed by atoms with Crippen LogP contribution in [0, 0.1) is 0 Å². The van der Waals surface area contributed by atoms with E-state index in [1.54, 1.807) is 0 Å². The maximum absolute atomic E-state index is 5.87. The lowest BCUT2D eigenvalue weighted by Crippen LogP contribution is -2.25. The molecule has 19 heavy (non-hydrogen) atoms. The summed E-state index contributed by atoms with van der Waals surface area (Å²) in [6.07, 6.45) is 8.71. The molecule has 0 saturated carbocycles. The van der Waals surface area contributed by atoms with E-state index in [9.17, 15) is 0 Å². The molecular weight excluding hydrogens is 240 g/mol. The van der Waals surface area contributed by atoms with Gasteiger partial charge in [-0.2, -0.15) is 0 Å². The van der Waals surface area contributed by atoms with Crippen molar-refractivity contribution in [3.8, 4) is 0 Å². The maximum atomic E-state index is 5.87. The number of pyridine rings is 1. The van der Waals surface area contributed by atoms with Crippen molar-refractivity contribution in [1.29, 1.82) is 0 Å².